The fourth-order valence-electron chi connectivity index (χ4n) is 2.01. The molecule has 4 nitrogen and oxygen atoms in total. The van der Waals surface area contributed by atoms with Crippen molar-refractivity contribution in [3.8, 4) is 0 Å². The van der Waals surface area contributed by atoms with E-state index in [2.05, 4.69) is 44.5 Å². The van der Waals surface area contributed by atoms with E-state index >= 15 is 0 Å². The highest BCUT2D eigenvalue weighted by Crippen LogP contribution is 2.37. The molecule has 0 amide bonds. The molecule has 0 spiro atoms. The van der Waals surface area contributed by atoms with Gasteiger partial charge in [-0.05, 0) is 44.1 Å². The van der Waals surface area contributed by atoms with Gasteiger partial charge in [0.2, 0.25) is 0 Å². The Labute approximate surface area is 135 Å². The topological polar surface area (TPSA) is 40.5 Å². The van der Waals surface area contributed by atoms with Crippen LogP contribution in [0.15, 0.2) is 18.3 Å². The number of hydrogen-bond donors (Lipinski definition) is 0. The van der Waals surface area contributed by atoms with E-state index in [9.17, 15) is 4.79 Å². The van der Waals surface area contributed by atoms with Gasteiger partial charge in [0.1, 0.15) is 0 Å². The summed E-state index contributed by atoms with van der Waals surface area (Å²) in [6.07, 6.45) is 2.39. The average molecular weight is 326 g/mol. The van der Waals surface area contributed by atoms with Crippen LogP contribution in [0.2, 0.25) is 18.1 Å². The van der Waals surface area contributed by atoms with Crippen molar-refractivity contribution in [1.29, 1.82) is 0 Å². The first-order valence-electron chi connectivity index (χ1n) is 8.03. The van der Waals surface area contributed by atoms with Gasteiger partial charge in [0.15, 0.2) is 8.32 Å². The third-order valence-electron chi connectivity index (χ3n) is 4.50. The Morgan fingerprint density at radius 2 is 2.00 bits per heavy atom. The standard InChI is InChI=1S/C17H31NO3Si/c1-8-20-16(19)12-14(2)18-11-9-10-15(18)13-21-22(6,7)17(3,4)5/h9-11,14H,8,12-13H2,1-7H3. The zero-order valence-electron chi connectivity index (χ0n) is 15.1. The molecule has 0 fully saturated rings. The molecule has 0 radical (unpaired) electrons. The SMILES string of the molecule is CCOC(=O)CC(C)n1cccc1CO[Si](C)(C)C(C)(C)C. The van der Waals surface area contributed by atoms with Crippen LogP contribution in [-0.2, 0) is 20.6 Å². The lowest BCUT2D eigenvalue weighted by molar-refractivity contribution is -0.143. The van der Waals surface area contributed by atoms with E-state index in [1.165, 1.54) is 0 Å². The van der Waals surface area contributed by atoms with Gasteiger partial charge < -0.3 is 13.7 Å². The minimum Gasteiger partial charge on any atom is -0.466 e. The molecule has 0 saturated carbocycles. The summed E-state index contributed by atoms with van der Waals surface area (Å²) in [6.45, 7) is 16.1. The Morgan fingerprint density at radius 1 is 1.36 bits per heavy atom. The van der Waals surface area contributed by atoms with E-state index in [0.717, 1.165) is 5.69 Å². The Bertz CT molecular complexity index is 488. The van der Waals surface area contributed by atoms with Gasteiger partial charge in [-0.2, -0.15) is 0 Å². The van der Waals surface area contributed by atoms with Crippen molar-refractivity contribution in [3.05, 3.63) is 24.0 Å². The van der Waals surface area contributed by atoms with Gasteiger partial charge >= 0.3 is 5.97 Å². The fourth-order valence-corrected chi connectivity index (χ4v) is 2.95. The Balaban J connectivity index is 2.72. The third kappa shape index (κ3) is 4.99. The summed E-state index contributed by atoms with van der Waals surface area (Å²) in [5, 5.41) is 0.195. The molecule has 0 aliphatic rings. The van der Waals surface area contributed by atoms with E-state index in [-0.39, 0.29) is 17.0 Å². The van der Waals surface area contributed by atoms with Crippen molar-refractivity contribution >= 4 is 14.3 Å². The number of rotatable bonds is 7. The summed E-state index contributed by atoms with van der Waals surface area (Å²) in [4.78, 5) is 11.6. The highest BCUT2D eigenvalue weighted by Gasteiger charge is 2.37. The zero-order valence-corrected chi connectivity index (χ0v) is 16.1. The highest BCUT2D eigenvalue weighted by atomic mass is 28.4. The predicted molar refractivity (Wildman–Crippen MR) is 92.4 cm³/mol. The number of hydrogen-bond acceptors (Lipinski definition) is 3. The van der Waals surface area contributed by atoms with Crippen molar-refractivity contribution < 1.29 is 14.0 Å². The molecule has 126 valence electrons. The predicted octanol–water partition coefficient (Wildman–Crippen LogP) is 4.52. The van der Waals surface area contributed by atoms with Gasteiger partial charge in [0, 0.05) is 17.9 Å². The van der Waals surface area contributed by atoms with Crippen LogP contribution >= 0.6 is 0 Å². The maximum Gasteiger partial charge on any atom is 0.307 e. The summed E-state index contributed by atoms with van der Waals surface area (Å²) >= 11 is 0. The van der Waals surface area contributed by atoms with Gasteiger partial charge in [-0.15, -0.1) is 0 Å². The summed E-state index contributed by atoms with van der Waals surface area (Å²) in [7, 11) is -1.77. The lowest BCUT2D eigenvalue weighted by atomic mass is 10.2. The maximum absolute atomic E-state index is 11.6. The van der Waals surface area contributed by atoms with Crippen molar-refractivity contribution in [2.45, 2.75) is 71.8 Å². The molecule has 0 aliphatic carbocycles. The molecule has 1 rings (SSSR count). The molecule has 0 bridgehead atoms. The van der Waals surface area contributed by atoms with E-state index in [1.807, 2.05) is 26.1 Å². The Morgan fingerprint density at radius 3 is 2.55 bits per heavy atom. The van der Waals surface area contributed by atoms with Crippen LogP contribution in [0.3, 0.4) is 0 Å². The molecule has 0 N–H and O–H groups in total. The maximum atomic E-state index is 11.6. The molecule has 0 saturated heterocycles. The quantitative estimate of drug-likeness (QED) is 0.546. The number of esters is 1. The lowest BCUT2D eigenvalue weighted by Crippen LogP contribution is -2.40. The van der Waals surface area contributed by atoms with Crippen LogP contribution in [0.4, 0.5) is 0 Å². The van der Waals surface area contributed by atoms with Crippen LogP contribution in [-0.4, -0.2) is 25.5 Å². The van der Waals surface area contributed by atoms with Crippen LogP contribution in [0, 0.1) is 0 Å². The average Bonchev–Trinajstić information content (AvgIpc) is 2.83. The minimum absolute atomic E-state index is 0.0760. The van der Waals surface area contributed by atoms with E-state index < -0.39 is 8.32 Å². The van der Waals surface area contributed by atoms with Crippen molar-refractivity contribution in [2.75, 3.05) is 6.61 Å². The molecule has 1 atom stereocenters. The molecular weight excluding hydrogens is 294 g/mol. The molecule has 0 aromatic carbocycles. The largest absolute Gasteiger partial charge is 0.466 e. The second-order valence-corrected chi connectivity index (χ2v) is 12.1. The second-order valence-electron chi connectivity index (χ2n) is 7.31. The number of aromatic nitrogens is 1. The molecule has 1 aromatic rings. The number of carbonyl (C=O) groups is 1. The van der Waals surface area contributed by atoms with Gasteiger partial charge in [0.25, 0.3) is 0 Å². The highest BCUT2D eigenvalue weighted by molar-refractivity contribution is 6.74. The molecule has 22 heavy (non-hydrogen) atoms. The van der Waals surface area contributed by atoms with Crippen molar-refractivity contribution in [3.63, 3.8) is 0 Å². The number of ether oxygens (including phenoxy) is 1. The number of carbonyl (C=O) groups excluding carboxylic acids is 1. The fraction of sp³-hybridized carbons (Fsp3) is 0.706. The monoisotopic (exact) mass is 325 g/mol. The van der Waals surface area contributed by atoms with Crippen LogP contribution in [0.1, 0.15) is 52.8 Å². The molecule has 1 aromatic heterocycles. The smallest absolute Gasteiger partial charge is 0.307 e. The van der Waals surface area contributed by atoms with Crippen molar-refractivity contribution in [2.24, 2.45) is 0 Å². The van der Waals surface area contributed by atoms with Crippen molar-refractivity contribution in [1.82, 2.24) is 4.57 Å². The summed E-state index contributed by atoms with van der Waals surface area (Å²) in [6, 6.07) is 4.15. The third-order valence-corrected chi connectivity index (χ3v) is 8.97. The molecule has 5 heteroatoms. The van der Waals surface area contributed by atoms with Gasteiger partial charge in [-0.3, -0.25) is 4.79 Å². The Hall–Kier alpha value is -1.07. The van der Waals surface area contributed by atoms with Crippen LogP contribution < -0.4 is 0 Å². The van der Waals surface area contributed by atoms with Gasteiger partial charge in [-0.25, -0.2) is 0 Å². The molecular formula is C17H31NO3Si. The van der Waals surface area contributed by atoms with Crippen LogP contribution in [0.25, 0.3) is 0 Å². The summed E-state index contributed by atoms with van der Waals surface area (Å²) < 4.78 is 13.4. The lowest BCUT2D eigenvalue weighted by Gasteiger charge is -2.36. The molecule has 0 aliphatic heterocycles. The second kappa shape index (κ2) is 7.46. The first kappa shape index (κ1) is 19.0. The van der Waals surface area contributed by atoms with E-state index in [0.29, 0.717) is 19.6 Å². The molecule has 1 unspecified atom stereocenters. The summed E-state index contributed by atoms with van der Waals surface area (Å²) in [5.74, 6) is -0.153. The van der Waals surface area contributed by atoms with E-state index in [4.69, 9.17) is 9.16 Å². The number of nitrogens with zero attached hydrogens (tertiary/aromatic N) is 1. The van der Waals surface area contributed by atoms with Gasteiger partial charge in [-0.1, -0.05) is 20.8 Å². The zero-order chi connectivity index (χ0) is 17.0. The van der Waals surface area contributed by atoms with Crippen LogP contribution in [0.5, 0.6) is 0 Å². The normalized spacial score (nSPS) is 14.0. The molecule has 1 heterocycles. The summed E-state index contributed by atoms with van der Waals surface area (Å²) in [5.41, 5.74) is 1.11. The minimum atomic E-state index is -1.77. The Kier molecular flexibility index (Phi) is 6.44. The van der Waals surface area contributed by atoms with E-state index in [1.54, 1.807) is 0 Å². The first-order valence-corrected chi connectivity index (χ1v) is 10.9. The van der Waals surface area contributed by atoms with Gasteiger partial charge in [0.05, 0.1) is 19.6 Å². The first-order chi connectivity index (χ1) is 10.1.